The van der Waals surface area contributed by atoms with Gasteiger partial charge >= 0.3 is 6.18 Å². The van der Waals surface area contributed by atoms with E-state index in [1.165, 1.54) is 12.4 Å². The first-order chi connectivity index (χ1) is 8.74. The number of alkyl halides is 4. The molecule has 3 nitrogen and oxygen atoms in total. The average molecular weight is 292 g/mol. The van der Waals surface area contributed by atoms with Crippen molar-refractivity contribution >= 4 is 11.6 Å². The van der Waals surface area contributed by atoms with Gasteiger partial charge in [-0.1, -0.05) is 0 Å². The van der Waals surface area contributed by atoms with E-state index < -0.39 is 17.5 Å². The minimum Gasteiger partial charge on any atom is -0.258 e. The van der Waals surface area contributed by atoms with Gasteiger partial charge in [-0.3, -0.25) is 9.97 Å². The zero-order valence-electron chi connectivity index (χ0n) is 10.3. The van der Waals surface area contributed by atoms with E-state index in [9.17, 15) is 13.2 Å². The maximum Gasteiger partial charge on any atom is 0.389 e. The molecule has 0 aliphatic carbocycles. The second-order valence-electron chi connectivity index (χ2n) is 4.37. The summed E-state index contributed by atoms with van der Waals surface area (Å²) < 4.78 is 36.2. The van der Waals surface area contributed by atoms with Gasteiger partial charge < -0.3 is 0 Å². The summed E-state index contributed by atoms with van der Waals surface area (Å²) in [4.78, 5) is 6.69. The molecular weight excluding hydrogens is 279 g/mol. The first-order valence-electron chi connectivity index (χ1n) is 5.68. The summed E-state index contributed by atoms with van der Waals surface area (Å²) in [5, 5.41) is 9.02. The second kappa shape index (κ2) is 6.20. The maximum absolute atomic E-state index is 12.1. The topological polar surface area (TPSA) is 49.6 Å². The van der Waals surface area contributed by atoms with Crippen LogP contribution >= 0.6 is 11.6 Å². The summed E-state index contributed by atoms with van der Waals surface area (Å²) in [5.74, 6) is 0. The van der Waals surface area contributed by atoms with E-state index in [0.29, 0.717) is 5.69 Å². The lowest BCUT2D eigenvalue weighted by Gasteiger charge is -2.18. The van der Waals surface area contributed by atoms with Crippen molar-refractivity contribution in [3.63, 3.8) is 0 Å². The van der Waals surface area contributed by atoms with Crippen LogP contribution in [-0.4, -0.2) is 21.0 Å². The minimum atomic E-state index is -4.23. The highest BCUT2D eigenvalue weighted by Crippen LogP contribution is 2.29. The molecule has 0 aliphatic heterocycles. The van der Waals surface area contributed by atoms with Crippen molar-refractivity contribution in [3.8, 4) is 6.07 Å². The molecule has 1 atom stereocenters. The molecule has 0 spiro atoms. The van der Waals surface area contributed by atoms with Gasteiger partial charge in [0.25, 0.3) is 0 Å². The number of halogens is 4. The maximum atomic E-state index is 12.1. The van der Waals surface area contributed by atoms with Crippen molar-refractivity contribution in [1.82, 2.24) is 9.97 Å². The SMILES string of the molecule is Cc1cnc(CC(Cl)(C#N)CCCC(F)(F)F)cn1. The van der Waals surface area contributed by atoms with Crippen LogP contribution in [0.4, 0.5) is 13.2 Å². The fraction of sp³-hybridized carbons (Fsp3) is 0.583. The number of hydrogen-bond donors (Lipinski definition) is 0. The Bertz CT molecular complexity index is 453. The molecule has 0 saturated heterocycles. The second-order valence-corrected chi connectivity index (χ2v) is 5.10. The Balaban J connectivity index is 2.60. The first kappa shape index (κ1) is 15.7. The van der Waals surface area contributed by atoms with E-state index in [1.54, 1.807) is 6.92 Å². The quantitative estimate of drug-likeness (QED) is 0.779. The lowest BCUT2D eigenvalue weighted by Crippen LogP contribution is -2.24. The van der Waals surface area contributed by atoms with Gasteiger partial charge in [-0.25, -0.2) is 0 Å². The van der Waals surface area contributed by atoms with Gasteiger partial charge in [0.05, 0.1) is 17.5 Å². The number of nitriles is 1. The summed E-state index contributed by atoms with van der Waals surface area (Å²) in [7, 11) is 0. The Hall–Kier alpha value is -1.35. The molecule has 0 aromatic carbocycles. The number of aryl methyl sites for hydroxylation is 1. The van der Waals surface area contributed by atoms with Crippen molar-refractivity contribution in [2.75, 3.05) is 0 Å². The van der Waals surface area contributed by atoms with Crippen molar-refractivity contribution in [2.45, 2.75) is 43.7 Å². The molecule has 1 aromatic rings. The Labute approximate surface area is 114 Å². The molecule has 0 saturated carbocycles. The highest BCUT2D eigenvalue weighted by Gasteiger charge is 2.32. The molecule has 1 heterocycles. The van der Waals surface area contributed by atoms with Crippen molar-refractivity contribution in [3.05, 3.63) is 23.8 Å². The van der Waals surface area contributed by atoms with Gasteiger partial charge in [-0.05, 0) is 19.8 Å². The van der Waals surface area contributed by atoms with Crippen LogP contribution in [-0.2, 0) is 6.42 Å². The third-order valence-corrected chi connectivity index (χ3v) is 2.94. The van der Waals surface area contributed by atoms with Gasteiger partial charge in [-0.2, -0.15) is 18.4 Å². The highest BCUT2D eigenvalue weighted by atomic mass is 35.5. The van der Waals surface area contributed by atoms with Crippen LogP contribution in [0.2, 0.25) is 0 Å². The van der Waals surface area contributed by atoms with Crippen LogP contribution in [0, 0.1) is 18.3 Å². The molecule has 7 heteroatoms. The zero-order chi connectivity index (χ0) is 14.5. The van der Waals surface area contributed by atoms with Crippen molar-refractivity contribution in [1.29, 1.82) is 5.26 Å². The smallest absolute Gasteiger partial charge is 0.258 e. The van der Waals surface area contributed by atoms with Crippen LogP contribution < -0.4 is 0 Å². The highest BCUT2D eigenvalue weighted by molar-refractivity contribution is 6.25. The van der Waals surface area contributed by atoms with Crippen LogP contribution in [0.5, 0.6) is 0 Å². The van der Waals surface area contributed by atoms with Crippen molar-refractivity contribution < 1.29 is 13.2 Å². The summed E-state index contributed by atoms with van der Waals surface area (Å²) in [6, 6.07) is 1.86. The van der Waals surface area contributed by atoms with Crippen molar-refractivity contribution in [2.24, 2.45) is 0 Å². The predicted octanol–water partition coefficient (Wildman–Crippen LogP) is 3.56. The summed E-state index contributed by atoms with van der Waals surface area (Å²) in [6.45, 7) is 1.76. The third kappa shape index (κ3) is 5.88. The molecule has 0 fully saturated rings. The summed E-state index contributed by atoms with van der Waals surface area (Å²) in [5.41, 5.74) is 1.21. The van der Waals surface area contributed by atoms with Gasteiger partial charge in [-0.15, -0.1) is 11.6 Å². The number of nitrogens with zero attached hydrogens (tertiary/aromatic N) is 3. The Morgan fingerprint density at radius 1 is 1.26 bits per heavy atom. The molecule has 1 aromatic heterocycles. The summed E-state index contributed by atoms with van der Waals surface area (Å²) >= 11 is 6.03. The Morgan fingerprint density at radius 3 is 2.42 bits per heavy atom. The van der Waals surface area contributed by atoms with E-state index >= 15 is 0 Å². The average Bonchev–Trinajstić information content (AvgIpc) is 2.30. The first-order valence-corrected chi connectivity index (χ1v) is 6.06. The van der Waals surface area contributed by atoms with Crippen LogP contribution in [0.15, 0.2) is 12.4 Å². The molecule has 0 aliphatic rings. The molecule has 1 unspecified atom stereocenters. The van der Waals surface area contributed by atoms with Gasteiger partial charge in [0.2, 0.25) is 0 Å². The molecule has 19 heavy (non-hydrogen) atoms. The number of rotatable bonds is 5. The Morgan fingerprint density at radius 2 is 1.95 bits per heavy atom. The molecule has 0 radical (unpaired) electrons. The zero-order valence-corrected chi connectivity index (χ0v) is 11.1. The standard InChI is InChI=1S/C12H13ClF3N3/c1-9-6-19-10(7-18-9)5-11(13,8-17)3-2-4-12(14,15)16/h6-7H,2-5H2,1H3. The van der Waals surface area contributed by atoms with Crippen LogP contribution in [0.1, 0.15) is 30.7 Å². The predicted molar refractivity (Wildman–Crippen MR) is 64.6 cm³/mol. The fourth-order valence-electron chi connectivity index (χ4n) is 1.55. The third-order valence-electron chi connectivity index (χ3n) is 2.53. The minimum absolute atomic E-state index is 0.0415. The lowest BCUT2D eigenvalue weighted by atomic mass is 9.97. The van der Waals surface area contributed by atoms with E-state index in [1.807, 2.05) is 6.07 Å². The van der Waals surface area contributed by atoms with Crippen LogP contribution in [0.25, 0.3) is 0 Å². The summed E-state index contributed by atoms with van der Waals surface area (Å²) in [6.07, 6.45) is -2.30. The molecular formula is C12H13ClF3N3. The van der Waals surface area contributed by atoms with Gasteiger partial charge in [0, 0.05) is 25.2 Å². The van der Waals surface area contributed by atoms with E-state index in [4.69, 9.17) is 16.9 Å². The van der Waals surface area contributed by atoms with E-state index in [0.717, 1.165) is 5.69 Å². The van der Waals surface area contributed by atoms with Crippen LogP contribution in [0.3, 0.4) is 0 Å². The molecule has 0 N–H and O–H groups in total. The monoisotopic (exact) mass is 291 g/mol. The van der Waals surface area contributed by atoms with E-state index in [-0.39, 0.29) is 19.3 Å². The Kier molecular flexibility index (Phi) is 5.12. The lowest BCUT2D eigenvalue weighted by molar-refractivity contribution is -0.135. The molecule has 0 amide bonds. The largest absolute Gasteiger partial charge is 0.389 e. The van der Waals surface area contributed by atoms with Gasteiger partial charge in [0.1, 0.15) is 4.87 Å². The molecule has 0 bridgehead atoms. The molecule has 1 rings (SSSR count). The fourth-order valence-corrected chi connectivity index (χ4v) is 1.82. The number of hydrogen-bond acceptors (Lipinski definition) is 3. The molecule has 104 valence electrons. The number of aromatic nitrogens is 2. The van der Waals surface area contributed by atoms with E-state index in [2.05, 4.69) is 9.97 Å². The normalized spacial score (nSPS) is 14.7. The van der Waals surface area contributed by atoms with Gasteiger partial charge in [0.15, 0.2) is 0 Å².